The van der Waals surface area contributed by atoms with E-state index in [1.54, 1.807) is 17.1 Å². The van der Waals surface area contributed by atoms with Crippen LogP contribution in [0.1, 0.15) is 39.6 Å². The highest BCUT2D eigenvalue weighted by molar-refractivity contribution is 7.16. The van der Waals surface area contributed by atoms with E-state index in [0.717, 1.165) is 16.1 Å². The van der Waals surface area contributed by atoms with Crippen molar-refractivity contribution >= 4 is 17.2 Å². The van der Waals surface area contributed by atoms with Gasteiger partial charge in [0, 0.05) is 12.6 Å². The monoisotopic (exact) mass is 341 g/mol. The Bertz CT molecular complexity index is 883. The van der Waals surface area contributed by atoms with Crippen molar-refractivity contribution in [2.45, 2.75) is 26.8 Å². The summed E-state index contributed by atoms with van der Waals surface area (Å²) in [6.45, 7) is 6.00. The Morgan fingerprint density at radius 3 is 2.79 bits per heavy atom. The molecule has 0 aliphatic heterocycles. The minimum Gasteiger partial charge on any atom is -0.342 e. The number of benzene rings is 1. The SMILES string of the molecule is Cc1ccc(-c2ncc(C(=O)N[C@H](C)c3nncn3C)s2)c(C)c1. The first-order valence-corrected chi connectivity index (χ1v) is 8.45. The maximum absolute atomic E-state index is 12.4. The Morgan fingerprint density at radius 1 is 1.33 bits per heavy atom. The van der Waals surface area contributed by atoms with Crippen LogP contribution in [0.25, 0.3) is 10.6 Å². The van der Waals surface area contributed by atoms with E-state index in [0.29, 0.717) is 10.7 Å². The lowest BCUT2D eigenvalue weighted by atomic mass is 10.1. The zero-order valence-corrected chi connectivity index (χ0v) is 14.9. The molecule has 2 heterocycles. The van der Waals surface area contributed by atoms with Crippen molar-refractivity contribution < 1.29 is 4.79 Å². The normalized spacial score (nSPS) is 12.2. The highest BCUT2D eigenvalue weighted by Gasteiger charge is 2.18. The summed E-state index contributed by atoms with van der Waals surface area (Å²) in [4.78, 5) is 17.4. The van der Waals surface area contributed by atoms with Gasteiger partial charge in [0.1, 0.15) is 16.2 Å². The number of carbonyl (C=O) groups is 1. The van der Waals surface area contributed by atoms with E-state index in [-0.39, 0.29) is 11.9 Å². The molecule has 0 unspecified atom stereocenters. The number of aromatic nitrogens is 4. The van der Waals surface area contributed by atoms with Crippen LogP contribution in [0.15, 0.2) is 30.7 Å². The van der Waals surface area contributed by atoms with Gasteiger partial charge < -0.3 is 9.88 Å². The third-order valence-corrected chi connectivity index (χ3v) is 4.85. The fraction of sp³-hybridized carbons (Fsp3) is 0.294. The fourth-order valence-corrected chi connectivity index (χ4v) is 3.48. The standard InChI is InChI=1S/C17H19N5OS/c1-10-5-6-13(11(2)7-10)17-18-8-14(24-17)16(23)20-12(3)15-21-19-9-22(15)4/h5-9,12H,1-4H3,(H,20,23)/t12-/m1/s1. The molecule has 1 atom stereocenters. The lowest BCUT2D eigenvalue weighted by molar-refractivity contribution is 0.0941. The van der Waals surface area contributed by atoms with Gasteiger partial charge in [-0.1, -0.05) is 23.8 Å². The van der Waals surface area contributed by atoms with Crippen molar-refractivity contribution in [2.75, 3.05) is 0 Å². The third kappa shape index (κ3) is 3.21. The summed E-state index contributed by atoms with van der Waals surface area (Å²) in [6, 6.07) is 6.00. The van der Waals surface area contributed by atoms with Crippen LogP contribution in [0.2, 0.25) is 0 Å². The molecule has 0 bridgehead atoms. The molecule has 0 saturated carbocycles. The van der Waals surface area contributed by atoms with Crippen molar-refractivity contribution in [1.29, 1.82) is 0 Å². The molecule has 0 fully saturated rings. The average Bonchev–Trinajstić information content (AvgIpc) is 3.16. The number of hydrogen-bond acceptors (Lipinski definition) is 5. The van der Waals surface area contributed by atoms with Gasteiger partial charge in [-0.2, -0.15) is 0 Å². The molecule has 0 radical (unpaired) electrons. The molecule has 0 spiro atoms. The Kier molecular flexibility index (Phi) is 4.44. The van der Waals surface area contributed by atoms with Gasteiger partial charge in [0.2, 0.25) is 0 Å². The van der Waals surface area contributed by atoms with Gasteiger partial charge in [0.05, 0.1) is 12.2 Å². The molecule has 7 heteroatoms. The number of nitrogens with one attached hydrogen (secondary N) is 1. The van der Waals surface area contributed by atoms with Crippen LogP contribution in [-0.2, 0) is 7.05 Å². The lowest BCUT2D eigenvalue weighted by Crippen LogP contribution is -2.27. The van der Waals surface area contributed by atoms with E-state index in [2.05, 4.69) is 46.5 Å². The van der Waals surface area contributed by atoms with Gasteiger partial charge in [-0.05, 0) is 26.3 Å². The average molecular weight is 341 g/mol. The van der Waals surface area contributed by atoms with Gasteiger partial charge in [0.25, 0.3) is 5.91 Å². The molecule has 0 aliphatic rings. The van der Waals surface area contributed by atoms with Crippen LogP contribution >= 0.6 is 11.3 Å². The van der Waals surface area contributed by atoms with Crippen LogP contribution < -0.4 is 5.32 Å². The smallest absolute Gasteiger partial charge is 0.263 e. The molecule has 1 N–H and O–H groups in total. The van der Waals surface area contributed by atoms with Gasteiger partial charge in [-0.25, -0.2) is 4.98 Å². The molecule has 1 amide bonds. The highest BCUT2D eigenvalue weighted by Crippen LogP contribution is 2.28. The number of carbonyl (C=O) groups excluding carboxylic acids is 1. The first kappa shape index (κ1) is 16.3. The van der Waals surface area contributed by atoms with Crippen molar-refractivity contribution in [1.82, 2.24) is 25.1 Å². The topological polar surface area (TPSA) is 72.7 Å². The maximum Gasteiger partial charge on any atom is 0.263 e. The van der Waals surface area contributed by atoms with E-state index >= 15 is 0 Å². The summed E-state index contributed by atoms with van der Waals surface area (Å²) in [5.41, 5.74) is 3.43. The minimum atomic E-state index is -0.225. The highest BCUT2D eigenvalue weighted by atomic mass is 32.1. The number of hydrogen-bond donors (Lipinski definition) is 1. The van der Waals surface area contributed by atoms with Crippen LogP contribution in [0.5, 0.6) is 0 Å². The van der Waals surface area contributed by atoms with Crippen molar-refractivity contribution in [3.63, 3.8) is 0 Å². The molecule has 0 aliphatic carbocycles. The first-order chi connectivity index (χ1) is 11.5. The van der Waals surface area contributed by atoms with Gasteiger partial charge >= 0.3 is 0 Å². The summed E-state index contributed by atoms with van der Waals surface area (Å²) < 4.78 is 1.79. The second-order valence-corrected chi connectivity index (χ2v) is 6.87. The Hall–Kier alpha value is -2.54. The predicted octanol–water partition coefficient (Wildman–Crippen LogP) is 3.05. The Labute approximate surface area is 144 Å². The number of nitrogens with zero attached hydrogens (tertiary/aromatic N) is 4. The molecular weight excluding hydrogens is 322 g/mol. The van der Waals surface area contributed by atoms with Crippen molar-refractivity contribution in [3.05, 3.63) is 52.6 Å². The molecule has 124 valence electrons. The van der Waals surface area contributed by atoms with E-state index in [9.17, 15) is 4.79 Å². The summed E-state index contributed by atoms with van der Waals surface area (Å²) in [6.07, 6.45) is 3.24. The van der Waals surface area contributed by atoms with E-state index in [4.69, 9.17) is 0 Å². The third-order valence-electron chi connectivity index (χ3n) is 3.82. The summed E-state index contributed by atoms with van der Waals surface area (Å²) >= 11 is 1.39. The molecule has 3 rings (SSSR count). The molecule has 1 aromatic carbocycles. The number of rotatable bonds is 4. The maximum atomic E-state index is 12.4. The Morgan fingerprint density at radius 2 is 2.12 bits per heavy atom. The van der Waals surface area contributed by atoms with Crippen LogP contribution in [0.4, 0.5) is 0 Å². The van der Waals surface area contributed by atoms with Crippen LogP contribution in [0.3, 0.4) is 0 Å². The van der Waals surface area contributed by atoms with Gasteiger partial charge in [-0.15, -0.1) is 21.5 Å². The fourth-order valence-electron chi connectivity index (χ4n) is 2.57. The molecular formula is C17H19N5OS. The molecule has 2 aromatic heterocycles. The summed E-state index contributed by atoms with van der Waals surface area (Å²) in [7, 11) is 1.85. The van der Waals surface area contributed by atoms with Crippen molar-refractivity contribution in [2.24, 2.45) is 7.05 Å². The van der Waals surface area contributed by atoms with Crippen LogP contribution in [-0.4, -0.2) is 25.7 Å². The van der Waals surface area contributed by atoms with Gasteiger partial charge in [0.15, 0.2) is 5.82 Å². The quantitative estimate of drug-likeness (QED) is 0.791. The van der Waals surface area contributed by atoms with Crippen molar-refractivity contribution in [3.8, 4) is 10.6 Å². The lowest BCUT2D eigenvalue weighted by Gasteiger charge is -2.11. The number of thiazole rings is 1. The zero-order chi connectivity index (χ0) is 17.3. The van der Waals surface area contributed by atoms with Crippen LogP contribution in [0, 0.1) is 13.8 Å². The number of aryl methyl sites for hydroxylation is 3. The van der Waals surface area contributed by atoms with E-state index in [1.165, 1.54) is 16.9 Å². The minimum absolute atomic E-state index is 0.154. The number of amides is 1. The van der Waals surface area contributed by atoms with Gasteiger partial charge in [-0.3, -0.25) is 4.79 Å². The molecule has 0 saturated heterocycles. The summed E-state index contributed by atoms with van der Waals surface area (Å²) in [5.74, 6) is 0.557. The van der Waals surface area contributed by atoms with E-state index in [1.807, 2.05) is 20.0 Å². The summed E-state index contributed by atoms with van der Waals surface area (Å²) in [5, 5.41) is 11.6. The largest absolute Gasteiger partial charge is 0.342 e. The predicted molar refractivity (Wildman–Crippen MR) is 93.9 cm³/mol. The second kappa shape index (κ2) is 6.52. The van der Waals surface area contributed by atoms with E-state index < -0.39 is 0 Å². The molecule has 6 nitrogen and oxygen atoms in total. The molecule has 24 heavy (non-hydrogen) atoms. The zero-order valence-electron chi connectivity index (χ0n) is 14.1. The Balaban J connectivity index is 1.77. The first-order valence-electron chi connectivity index (χ1n) is 7.64. The molecule has 3 aromatic rings. The second-order valence-electron chi connectivity index (χ2n) is 5.84.